The number of carbonyl (C=O) groups excluding carboxylic acids is 1. The van der Waals surface area contributed by atoms with Gasteiger partial charge in [-0.1, -0.05) is 49.7 Å². The Bertz CT molecular complexity index is 451. The summed E-state index contributed by atoms with van der Waals surface area (Å²) in [6.45, 7) is 2.49. The van der Waals surface area contributed by atoms with Crippen LogP contribution in [0.4, 0.5) is 0 Å². The van der Waals surface area contributed by atoms with E-state index in [0.29, 0.717) is 12.2 Å². The molecular weight excluding hydrogens is 252 g/mol. The fourth-order valence-electron chi connectivity index (χ4n) is 1.37. The molecule has 106 valence electrons. The minimum absolute atomic E-state index is 0.148. The van der Waals surface area contributed by atoms with Crippen LogP contribution in [-0.2, 0) is 4.74 Å². The van der Waals surface area contributed by atoms with Crippen LogP contribution in [0.25, 0.3) is 0 Å². The SMILES string of the molecule is CCCCOC(=O)c1ccc(O)cc1.c1ccccc1. The molecule has 2 aromatic rings. The van der Waals surface area contributed by atoms with Gasteiger partial charge in [0.1, 0.15) is 5.75 Å². The fourth-order valence-corrected chi connectivity index (χ4v) is 1.37. The highest BCUT2D eigenvalue weighted by molar-refractivity contribution is 5.89. The van der Waals surface area contributed by atoms with E-state index in [0.717, 1.165) is 12.8 Å². The standard InChI is InChI=1S/C11H14O3.C6H6/c1-2-3-8-14-11(13)9-4-6-10(12)7-5-9;1-2-4-6-5-3-1/h4-7,12H,2-3,8H2,1H3;1-6H. The number of phenols is 1. The van der Waals surface area contributed by atoms with Crippen molar-refractivity contribution in [2.24, 2.45) is 0 Å². The molecule has 0 fully saturated rings. The van der Waals surface area contributed by atoms with Crippen molar-refractivity contribution in [2.45, 2.75) is 19.8 Å². The van der Waals surface area contributed by atoms with Gasteiger partial charge in [0.15, 0.2) is 0 Å². The predicted molar refractivity (Wildman–Crippen MR) is 79.7 cm³/mol. The van der Waals surface area contributed by atoms with Gasteiger partial charge in [0, 0.05) is 0 Å². The molecule has 0 radical (unpaired) electrons. The van der Waals surface area contributed by atoms with E-state index in [1.807, 2.05) is 43.3 Å². The van der Waals surface area contributed by atoms with Gasteiger partial charge in [0.2, 0.25) is 0 Å². The molecule has 0 aliphatic heterocycles. The van der Waals surface area contributed by atoms with Crippen molar-refractivity contribution in [1.82, 2.24) is 0 Å². The summed E-state index contributed by atoms with van der Waals surface area (Å²) < 4.78 is 4.99. The molecule has 0 bridgehead atoms. The summed E-state index contributed by atoms with van der Waals surface area (Å²) in [7, 11) is 0. The molecular formula is C17H20O3. The van der Waals surface area contributed by atoms with E-state index >= 15 is 0 Å². The highest BCUT2D eigenvalue weighted by Gasteiger charge is 2.05. The molecule has 0 unspecified atom stereocenters. The topological polar surface area (TPSA) is 46.5 Å². The summed E-state index contributed by atoms with van der Waals surface area (Å²) in [5, 5.41) is 9.00. The van der Waals surface area contributed by atoms with E-state index in [9.17, 15) is 4.79 Å². The normalized spacial score (nSPS) is 9.25. The molecule has 2 rings (SSSR count). The van der Waals surface area contributed by atoms with E-state index in [-0.39, 0.29) is 11.7 Å². The molecule has 0 spiro atoms. The number of unbranched alkanes of at least 4 members (excludes halogenated alkanes) is 1. The zero-order valence-electron chi connectivity index (χ0n) is 11.7. The molecule has 0 heterocycles. The second-order valence-electron chi connectivity index (χ2n) is 4.19. The van der Waals surface area contributed by atoms with Crippen molar-refractivity contribution in [3.05, 3.63) is 66.2 Å². The Balaban J connectivity index is 0.000000276. The molecule has 0 saturated carbocycles. The number of esters is 1. The van der Waals surface area contributed by atoms with Gasteiger partial charge in [-0.2, -0.15) is 0 Å². The molecule has 3 nitrogen and oxygen atoms in total. The Morgan fingerprint density at radius 3 is 1.95 bits per heavy atom. The van der Waals surface area contributed by atoms with Gasteiger partial charge >= 0.3 is 5.97 Å². The minimum atomic E-state index is -0.335. The third-order valence-corrected chi connectivity index (χ3v) is 2.50. The molecule has 0 atom stereocenters. The van der Waals surface area contributed by atoms with Crippen molar-refractivity contribution in [1.29, 1.82) is 0 Å². The van der Waals surface area contributed by atoms with Crippen LogP contribution in [0.3, 0.4) is 0 Å². The number of rotatable bonds is 4. The first-order valence-corrected chi connectivity index (χ1v) is 6.70. The number of carbonyl (C=O) groups is 1. The lowest BCUT2D eigenvalue weighted by atomic mass is 10.2. The molecule has 0 amide bonds. The Morgan fingerprint density at radius 2 is 1.50 bits per heavy atom. The van der Waals surface area contributed by atoms with Crippen molar-refractivity contribution in [2.75, 3.05) is 6.61 Å². The van der Waals surface area contributed by atoms with Crippen molar-refractivity contribution in [3.63, 3.8) is 0 Å². The molecule has 0 saturated heterocycles. The predicted octanol–water partition coefficient (Wildman–Crippen LogP) is 4.04. The Hall–Kier alpha value is -2.29. The zero-order chi connectivity index (χ0) is 14.6. The summed E-state index contributed by atoms with van der Waals surface area (Å²) in [5.41, 5.74) is 0.471. The van der Waals surface area contributed by atoms with Gasteiger partial charge in [-0.05, 0) is 30.7 Å². The second kappa shape index (κ2) is 9.62. The fraction of sp³-hybridized carbons (Fsp3) is 0.235. The van der Waals surface area contributed by atoms with Crippen LogP contribution in [-0.4, -0.2) is 17.7 Å². The van der Waals surface area contributed by atoms with Crippen LogP contribution in [0.5, 0.6) is 5.75 Å². The maximum absolute atomic E-state index is 11.3. The number of hydrogen-bond acceptors (Lipinski definition) is 3. The number of aromatic hydroxyl groups is 1. The van der Waals surface area contributed by atoms with E-state index in [1.165, 1.54) is 12.1 Å². The summed E-state index contributed by atoms with van der Waals surface area (Å²) in [5.74, 6) is -0.187. The van der Waals surface area contributed by atoms with Gasteiger partial charge < -0.3 is 9.84 Å². The molecule has 20 heavy (non-hydrogen) atoms. The van der Waals surface area contributed by atoms with Gasteiger partial charge in [-0.15, -0.1) is 0 Å². The molecule has 3 heteroatoms. The van der Waals surface area contributed by atoms with E-state index in [1.54, 1.807) is 12.1 Å². The smallest absolute Gasteiger partial charge is 0.338 e. The lowest BCUT2D eigenvalue weighted by Crippen LogP contribution is -2.05. The summed E-state index contributed by atoms with van der Waals surface area (Å²) in [6.07, 6.45) is 1.88. The van der Waals surface area contributed by atoms with Crippen LogP contribution in [0, 0.1) is 0 Å². The molecule has 0 aromatic heterocycles. The number of hydrogen-bond donors (Lipinski definition) is 1. The summed E-state index contributed by atoms with van der Waals surface area (Å²) in [6, 6.07) is 18.0. The monoisotopic (exact) mass is 272 g/mol. The summed E-state index contributed by atoms with van der Waals surface area (Å²) in [4.78, 5) is 11.3. The number of benzene rings is 2. The number of ether oxygens (including phenoxy) is 1. The highest BCUT2D eigenvalue weighted by Crippen LogP contribution is 2.10. The average molecular weight is 272 g/mol. The van der Waals surface area contributed by atoms with Crippen LogP contribution in [0.2, 0.25) is 0 Å². The Labute approximate surface area is 119 Å². The average Bonchev–Trinajstić information content (AvgIpc) is 2.50. The first-order valence-electron chi connectivity index (χ1n) is 6.70. The van der Waals surface area contributed by atoms with Crippen molar-refractivity contribution < 1.29 is 14.6 Å². The molecule has 0 aliphatic carbocycles. The maximum atomic E-state index is 11.3. The number of phenolic OH excluding ortho intramolecular Hbond substituents is 1. The zero-order valence-corrected chi connectivity index (χ0v) is 11.7. The van der Waals surface area contributed by atoms with Crippen LogP contribution in [0.1, 0.15) is 30.1 Å². The third-order valence-electron chi connectivity index (χ3n) is 2.50. The molecule has 0 aliphatic rings. The largest absolute Gasteiger partial charge is 0.508 e. The van der Waals surface area contributed by atoms with E-state index in [2.05, 4.69) is 0 Å². The van der Waals surface area contributed by atoms with Crippen LogP contribution >= 0.6 is 0 Å². The van der Waals surface area contributed by atoms with Crippen molar-refractivity contribution >= 4 is 5.97 Å². The maximum Gasteiger partial charge on any atom is 0.338 e. The lowest BCUT2D eigenvalue weighted by Gasteiger charge is -2.03. The van der Waals surface area contributed by atoms with Crippen LogP contribution < -0.4 is 0 Å². The lowest BCUT2D eigenvalue weighted by molar-refractivity contribution is 0.0500. The van der Waals surface area contributed by atoms with Crippen LogP contribution in [0.15, 0.2) is 60.7 Å². The van der Waals surface area contributed by atoms with E-state index < -0.39 is 0 Å². The second-order valence-corrected chi connectivity index (χ2v) is 4.19. The minimum Gasteiger partial charge on any atom is -0.508 e. The third kappa shape index (κ3) is 6.59. The molecule has 1 N–H and O–H groups in total. The quantitative estimate of drug-likeness (QED) is 0.675. The Kier molecular flexibility index (Phi) is 7.58. The van der Waals surface area contributed by atoms with Gasteiger partial charge in [0.25, 0.3) is 0 Å². The van der Waals surface area contributed by atoms with Crippen molar-refractivity contribution in [3.8, 4) is 5.75 Å². The summed E-state index contributed by atoms with van der Waals surface area (Å²) >= 11 is 0. The van der Waals surface area contributed by atoms with E-state index in [4.69, 9.17) is 9.84 Å². The van der Waals surface area contributed by atoms with Gasteiger partial charge in [-0.25, -0.2) is 4.79 Å². The van der Waals surface area contributed by atoms with Gasteiger partial charge in [0.05, 0.1) is 12.2 Å². The molecule has 2 aromatic carbocycles. The first kappa shape index (κ1) is 15.8. The van der Waals surface area contributed by atoms with Gasteiger partial charge in [-0.3, -0.25) is 0 Å². The first-order chi connectivity index (χ1) is 9.74. The highest BCUT2D eigenvalue weighted by atomic mass is 16.5. The Morgan fingerprint density at radius 1 is 1.00 bits per heavy atom.